The lowest BCUT2D eigenvalue weighted by Gasteiger charge is -2.64. The van der Waals surface area contributed by atoms with Gasteiger partial charge in [0.25, 0.3) is 0 Å². The molecule has 2 aliphatic heterocycles. The zero-order valence-corrected chi connectivity index (χ0v) is 30.3. The Balaban J connectivity index is 1.19. The molecule has 18 atom stereocenters. The van der Waals surface area contributed by atoms with Crippen LogP contribution < -0.4 is 0 Å². The highest BCUT2D eigenvalue weighted by Crippen LogP contribution is 2.89. The van der Waals surface area contributed by atoms with Crippen LogP contribution in [0.15, 0.2) is 0 Å². The molecule has 7 fully saturated rings. The highest BCUT2D eigenvalue weighted by Gasteiger charge is 2.88. The number of hydrogen-bond acceptors (Lipinski definition) is 12. The first kappa shape index (κ1) is 36.4. The van der Waals surface area contributed by atoms with E-state index in [1.165, 1.54) is 6.92 Å². The minimum Gasteiger partial charge on any atom is -0.457 e. The van der Waals surface area contributed by atoms with Crippen molar-refractivity contribution in [2.45, 2.75) is 167 Å². The third-order valence-electron chi connectivity index (χ3n) is 15.9. The average molecular weight is 697 g/mol. The zero-order chi connectivity index (χ0) is 36.1. The van der Waals surface area contributed by atoms with Gasteiger partial charge in [0.05, 0.1) is 24.4 Å². The molecular formula is C37H60O12. The molecule has 12 nitrogen and oxygen atoms in total. The maximum Gasteiger partial charge on any atom is 0.303 e. The number of carbonyl (C=O) groups is 1. The molecule has 7 N–H and O–H groups in total. The van der Waals surface area contributed by atoms with Crippen molar-refractivity contribution in [3.8, 4) is 0 Å². The first-order chi connectivity index (χ1) is 22.5. The number of carbonyl (C=O) groups excluding carboxylic acids is 1. The molecule has 280 valence electrons. The molecule has 0 aromatic carbocycles. The van der Waals surface area contributed by atoms with Crippen molar-refractivity contribution >= 4 is 5.97 Å². The van der Waals surface area contributed by atoms with Gasteiger partial charge in [-0.3, -0.25) is 4.79 Å². The van der Waals surface area contributed by atoms with E-state index < -0.39 is 88.5 Å². The summed E-state index contributed by atoms with van der Waals surface area (Å²) in [4.78, 5) is 12.1. The highest BCUT2D eigenvalue weighted by molar-refractivity contribution is 5.66. The number of fused-ring (bicyclic) bond motifs is 4. The molecule has 12 heteroatoms. The van der Waals surface area contributed by atoms with Gasteiger partial charge in [-0.1, -0.05) is 34.6 Å². The molecule has 2 saturated heterocycles. The summed E-state index contributed by atoms with van der Waals surface area (Å²) in [6.45, 7) is 14.8. The Labute approximate surface area is 289 Å². The highest BCUT2D eigenvalue weighted by atomic mass is 16.7. The van der Waals surface area contributed by atoms with Crippen LogP contribution in [0.2, 0.25) is 0 Å². The molecule has 0 aromatic heterocycles. The van der Waals surface area contributed by atoms with Crippen LogP contribution in [0, 0.1) is 50.7 Å². The van der Waals surface area contributed by atoms with E-state index in [2.05, 4.69) is 20.8 Å². The monoisotopic (exact) mass is 696 g/mol. The smallest absolute Gasteiger partial charge is 0.303 e. The van der Waals surface area contributed by atoms with E-state index in [-0.39, 0.29) is 41.3 Å². The maximum absolute atomic E-state index is 12.6. The number of rotatable bonds is 5. The molecule has 0 radical (unpaired) electrons. The van der Waals surface area contributed by atoms with E-state index in [4.69, 9.17) is 18.9 Å². The fraction of sp³-hybridized carbons (Fsp3) is 0.973. The van der Waals surface area contributed by atoms with Gasteiger partial charge in [0, 0.05) is 18.3 Å². The van der Waals surface area contributed by atoms with Gasteiger partial charge in [-0.05, 0) is 98.2 Å². The van der Waals surface area contributed by atoms with Crippen molar-refractivity contribution < 1.29 is 59.5 Å². The third-order valence-corrected chi connectivity index (χ3v) is 15.9. The van der Waals surface area contributed by atoms with Crippen molar-refractivity contribution in [2.75, 3.05) is 6.61 Å². The van der Waals surface area contributed by atoms with Gasteiger partial charge in [0.2, 0.25) is 0 Å². The van der Waals surface area contributed by atoms with Crippen LogP contribution >= 0.6 is 0 Å². The zero-order valence-electron chi connectivity index (χ0n) is 30.3. The van der Waals surface area contributed by atoms with Crippen LogP contribution in [0.5, 0.6) is 0 Å². The molecule has 0 amide bonds. The number of esters is 1. The number of aliphatic hydroxyl groups is 7. The second kappa shape index (κ2) is 11.1. The molecule has 0 aromatic rings. The Bertz CT molecular complexity index is 1330. The van der Waals surface area contributed by atoms with Crippen molar-refractivity contribution in [1.29, 1.82) is 0 Å². The SMILES string of the molecule is CC(=O)O[C@H]([C@H]1C[C@@H](C)[C@H]2[C@@](O)(O1)[C@H](O)[C@@]1(C)[C@@H]3[C@@H](O)C[C@H]4C(C)(C)[C@@H](O[C@@H]5OC[C@@H](O)[C@H](O)[C@H]5O)CC[C@@]45C[C@@]35CC[C@]21C)C(C)(C)O. The number of aliphatic hydroxyl groups excluding tert-OH is 5. The second-order valence-electron chi connectivity index (χ2n) is 18.9. The van der Waals surface area contributed by atoms with Crippen LogP contribution in [-0.4, -0.2) is 115 Å². The third kappa shape index (κ3) is 4.61. The largest absolute Gasteiger partial charge is 0.457 e. The van der Waals surface area contributed by atoms with Crippen molar-refractivity contribution in [3.63, 3.8) is 0 Å². The summed E-state index contributed by atoms with van der Waals surface area (Å²) in [7, 11) is 0. The molecule has 7 aliphatic rings. The summed E-state index contributed by atoms with van der Waals surface area (Å²) in [5.74, 6) is -3.38. The van der Waals surface area contributed by atoms with E-state index in [1.807, 2.05) is 13.8 Å². The van der Waals surface area contributed by atoms with E-state index in [0.29, 0.717) is 19.3 Å². The standard InChI is InChI=1S/C37H60O12/c1-17-13-21(28(32(5,6)44)47-18(2)38)49-37(45)26(17)33(7)11-12-36-16-35(36)10-9-23(48-29-25(42)24(41)20(40)15-46-29)31(3,4)22(35)14-19(39)27(36)34(33,8)30(37)43/h17,19-30,39-45H,9-16H2,1-8H3/t17-,19+,20-,21-,22+,23+,24+,25-,26-,27+,28-,29+,30-,33-,34-,35-,36+,37-/m1/s1. The fourth-order valence-electron chi connectivity index (χ4n) is 13.8. The Morgan fingerprint density at radius 1 is 0.918 bits per heavy atom. The van der Waals surface area contributed by atoms with Gasteiger partial charge < -0.3 is 54.7 Å². The maximum atomic E-state index is 12.6. The Morgan fingerprint density at radius 3 is 2.22 bits per heavy atom. The normalized spacial score (nSPS) is 56.7. The number of ether oxygens (including phenoxy) is 4. The van der Waals surface area contributed by atoms with Gasteiger partial charge in [-0.15, -0.1) is 0 Å². The van der Waals surface area contributed by atoms with Crippen LogP contribution in [0.3, 0.4) is 0 Å². The Morgan fingerprint density at radius 2 is 1.59 bits per heavy atom. The van der Waals surface area contributed by atoms with Crippen LogP contribution in [0.4, 0.5) is 0 Å². The molecule has 2 spiro atoms. The summed E-state index contributed by atoms with van der Waals surface area (Å²) in [6, 6.07) is 0. The first-order valence-electron chi connectivity index (χ1n) is 18.5. The molecule has 5 aliphatic carbocycles. The molecule has 49 heavy (non-hydrogen) atoms. The van der Waals surface area contributed by atoms with Gasteiger partial charge in [0.1, 0.15) is 30.5 Å². The lowest BCUT2D eigenvalue weighted by Crippen LogP contribution is -2.64. The topological polar surface area (TPSA) is 196 Å². The number of hydrogen-bond donors (Lipinski definition) is 7. The van der Waals surface area contributed by atoms with Crippen molar-refractivity contribution in [3.05, 3.63) is 0 Å². The molecule has 2 heterocycles. The van der Waals surface area contributed by atoms with Crippen molar-refractivity contribution in [2.24, 2.45) is 50.7 Å². The van der Waals surface area contributed by atoms with Gasteiger partial charge in [-0.25, -0.2) is 0 Å². The first-order valence-corrected chi connectivity index (χ1v) is 18.5. The summed E-state index contributed by atoms with van der Waals surface area (Å²) >= 11 is 0. The lowest BCUT2D eigenvalue weighted by atomic mass is 9.40. The van der Waals surface area contributed by atoms with Gasteiger partial charge in [0.15, 0.2) is 18.2 Å². The summed E-state index contributed by atoms with van der Waals surface area (Å²) < 4.78 is 24.1. The van der Waals surface area contributed by atoms with E-state index >= 15 is 0 Å². The second-order valence-corrected chi connectivity index (χ2v) is 18.9. The lowest BCUT2D eigenvalue weighted by molar-refractivity contribution is -0.343. The fourth-order valence-corrected chi connectivity index (χ4v) is 13.8. The van der Waals surface area contributed by atoms with E-state index in [0.717, 1.165) is 25.7 Å². The summed E-state index contributed by atoms with van der Waals surface area (Å²) in [5, 5.41) is 79.3. The molecule has 5 saturated carbocycles. The molecule has 0 bridgehead atoms. The van der Waals surface area contributed by atoms with Gasteiger partial charge in [-0.2, -0.15) is 0 Å². The molecule has 0 unspecified atom stereocenters. The van der Waals surface area contributed by atoms with E-state index in [9.17, 15) is 40.5 Å². The molecular weight excluding hydrogens is 636 g/mol. The Kier molecular flexibility index (Phi) is 8.22. The Hall–Kier alpha value is -0.930. The van der Waals surface area contributed by atoms with Crippen LogP contribution in [-0.2, 0) is 23.7 Å². The van der Waals surface area contributed by atoms with E-state index in [1.54, 1.807) is 13.8 Å². The molecule has 7 rings (SSSR count). The summed E-state index contributed by atoms with van der Waals surface area (Å²) in [6.07, 6.45) is -4.39. The van der Waals surface area contributed by atoms with Crippen LogP contribution in [0.1, 0.15) is 100 Å². The summed E-state index contributed by atoms with van der Waals surface area (Å²) in [5.41, 5.74) is -3.73. The van der Waals surface area contributed by atoms with Gasteiger partial charge >= 0.3 is 5.97 Å². The average Bonchev–Trinajstić information content (AvgIpc) is 3.61. The minimum absolute atomic E-state index is 0.0777. The minimum atomic E-state index is -1.98. The quantitative estimate of drug-likeness (QED) is 0.162. The predicted molar refractivity (Wildman–Crippen MR) is 173 cm³/mol. The van der Waals surface area contributed by atoms with Crippen LogP contribution in [0.25, 0.3) is 0 Å². The predicted octanol–water partition coefficient (Wildman–Crippen LogP) is 1.62. The van der Waals surface area contributed by atoms with Crippen molar-refractivity contribution in [1.82, 2.24) is 0 Å².